The van der Waals surface area contributed by atoms with E-state index in [1.54, 1.807) is 0 Å². The average molecular weight is 332 g/mol. The van der Waals surface area contributed by atoms with Gasteiger partial charge in [0.25, 0.3) is 5.88 Å². The molecule has 0 aliphatic rings. The number of carbonyl (C=O) groups is 1. The Morgan fingerprint density at radius 1 is 1.50 bits per heavy atom. The molecule has 8 nitrogen and oxygen atoms in total. The number of primary amides is 1. The predicted molar refractivity (Wildman–Crippen MR) is 79.9 cm³/mol. The highest BCUT2D eigenvalue weighted by Crippen LogP contribution is 2.32. The van der Waals surface area contributed by atoms with E-state index in [0.29, 0.717) is 6.42 Å². The zero-order valence-corrected chi connectivity index (χ0v) is 13.3. The normalized spacial score (nSPS) is 12.5. The quantitative estimate of drug-likeness (QED) is 0.486. The lowest BCUT2D eigenvalue weighted by molar-refractivity contribution is -0.386. The third-order valence-electron chi connectivity index (χ3n) is 2.85. The number of hydrogen-bond acceptors (Lipinski definition) is 6. The van der Waals surface area contributed by atoms with E-state index in [1.807, 2.05) is 20.8 Å². The van der Waals surface area contributed by atoms with Crippen molar-refractivity contribution in [2.75, 3.05) is 6.61 Å². The van der Waals surface area contributed by atoms with E-state index >= 15 is 0 Å². The van der Waals surface area contributed by atoms with Crippen molar-refractivity contribution in [3.8, 4) is 5.88 Å². The smallest absolute Gasteiger partial charge is 0.404 e. The summed E-state index contributed by atoms with van der Waals surface area (Å²) in [5.41, 5.74) is 4.24. The van der Waals surface area contributed by atoms with Gasteiger partial charge in [0.15, 0.2) is 0 Å². The molecule has 1 unspecified atom stereocenters. The van der Waals surface area contributed by atoms with E-state index in [1.165, 1.54) is 12.1 Å². The Hall–Kier alpha value is -2.09. The highest BCUT2D eigenvalue weighted by molar-refractivity contribution is 6.29. The van der Waals surface area contributed by atoms with Gasteiger partial charge in [-0.25, -0.2) is 4.79 Å². The number of nitro groups is 1. The Labute approximate surface area is 132 Å². The van der Waals surface area contributed by atoms with Crippen LogP contribution in [0.15, 0.2) is 12.1 Å². The van der Waals surface area contributed by atoms with E-state index in [2.05, 4.69) is 9.72 Å². The second-order valence-electron chi connectivity index (χ2n) is 5.64. The summed E-state index contributed by atoms with van der Waals surface area (Å²) in [6.07, 6.45) is -1.08. The fourth-order valence-electron chi connectivity index (χ4n) is 1.71. The van der Waals surface area contributed by atoms with E-state index < -0.39 is 17.1 Å². The summed E-state index contributed by atoms with van der Waals surface area (Å²) in [5.74, 6) is -0.170. The number of nitrogens with two attached hydrogens (primary N) is 1. The van der Waals surface area contributed by atoms with Gasteiger partial charge >= 0.3 is 11.8 Å². The molecule has 0 radical (unpaired) electrons. The lowest BCUT2D eigenvalue weighted by atomic mass is 9.87. The minimum Gasteiger partial charge on any atom is -0.469 e. The van der Waals surface area contributed by atoms with Crippen LogP contribution in [0.2, 0.25) is 5.15 Å². The van der Waals surface area contributed by atoms with Crippen molar-refractivity contribution in [3.63, 3.8) is 0 Å². The first-order chi connectivity index (χ1) is 10.1. The topological polar surface area (TPSA) is 118 Å². The fraction of sp³-hybridized carbons (Fsp3) is 0.538. The van der Waals surface area contributed by atoms with E-state index in [-0.39, 0.29) is 28.7 Å². The van der Waals surface area contributed by atoms with Gasteiger partial charge in [0.05, 0.1) is 11.5 Å². The van der Waals surface area contributed by atoms with Crippen LogP contribution >= 0.6 is 11.6 Å². The Morgan fingerprint density at radius 3 is 2.64 bits per heavy atom. The Balaban J connectivity index is 2.96. The molecule has 22 heavy (non-hydrogen) atoms. The predicted octanol–water partition coefficient (Wildman–Crippen LogP) is 2.92. The van der Waals surface area contributed by atoms with Crippen LogP contribution in [0.1, 0.15) is 27.2 Å². The minimum atomic E-state index is -0.889. The molecular weight excluding hydrogens is 314 g/mol. The maximum absolute atomic E-state index is 11.0. The zero-order valence-electron chi connectivity index (χ0n) is 12.5. The number of pyridine rings is 1. The van der Waals surface area contributed by atoms with E-state index in [0.717, 1.165) is 0 Å². The molecule has 2 N–H and O–H groups in total. The lowest BCUT2D eigenvalue weighted by Gasteiger charge is -2.30. The molecular formula is C13H18ClN3O5. The Kier molecular flexibility index (Phi) is 5.92. The molecule has 0 spiro atoms. The number of halogens is 1. The number of aromatic nitrogens is 1. The van der Waals surface area contributed by atoms with Crippen molar-refractivity contribution in [1.29, 1.82) is 0 Å². The molecule has 0 aliphatic carbocycles. The van der Waals surface area contributed by atoms with Crippen molar-refractivity contribution in [2.45, 2.75) is 33.3 Å². The maximum Gasteiger partial charge on any atom is 0.404 e. The van der Waals surface area contributed by atoms with Gasteiger partial charge in [0.2, 0.25) is 0 Å². The highest BCUT2D eigenvalue weighted by Gasteiger charge is 2.30. The molecule has 1 aromatic rings. The summed E-state index contributed by atoms with van der Waals surface area (Å²) in [6.45, 7) is 5.70. The zero-order chi connectivity index (χ0) is 16.9. The van der Waals surface area contributed by atoms with Crippen LogP contribution < -0.4 is 10.5 Å². The first kappa shape index (κ1) is 18.0. The molecule has 1 aromatic heterocycles. The van der Waals surface area contributed by atoms with Crippen molar-refractivity contribution in [1.82, 2.24) is 4.98 Å². The van der Waals surface area contributed by atoms with Crippen LogP contribution in [0.5, 0.6) is 5.88 Å². The summed E-state index contributed by atoms with van der Waals surface area (Å²) in [6, 6.07) is 2.54. The van der Waals surface area contributed by atoms with Gasteiger partial charge in [-0.15, -0.1) is 0 Å². The fourth-order valence-corrected chi connectivity index (χ4v) is 1.85. The van der Waals surface area contributed by atoms with Crippen LogP contribution in [0.3, 0.4) is 0 Å². The molecule has 0 bridgehead atoms. The molecule has 0 aliphatic heterocycles. The molecule has 0 saturated heterocycles. The summed E-state index contributed by atoms with van der Waals surface area (Å²) in [5, 5.41) is 11.1. The van der Waals surface area contributed by atoms with Crippen LogP contribution in [-0.4, -0.2) is 28.7 Å². The van der Waals surface area contributed by atoms with Gasteiger partial charge in [-0.1, -0.05) is 32.4 Å². The minimum absolute atomic E-state index is 0.0334. The van der Waals surface area contributed by atoms with Crippen molar-refractivity contribution in [3.05, 3.63) is 27.4 Å². The average Bonchev–Trinajstić information content (AvgIpc) is 2.35. The van der Waals surface area contributed by atoms with Crippen LogP contribution in [-0.2, 0) is 4.74 Å². The molecule has 1 atom stereocenters. The first-order valence-electron chi connectivity index (χ1n) is 6.51. The molecule has 0 fully saturated rings. The maximum atomic E-state index is 11.0. The highest BCUT2D eigenvalue weighted by atomic mass is 35.5. The molecule has 1 amide bonds. The summed E-state index contributed by atoms with van der Waals surface area (Å²) < 4.78 is 10.3. The summed E-state index contributed by atoms with van der Waals surface area (Å²) in [7, 11) is 0. The second kappa shape index (κ2) is 7.26. The van der Waals surface area contributed by atoms with Gasteiger partial charge in [0.1, 0.15) is 11.3 Å². The summed E-state index contributed by atoms with van der Waals surface area (Å²) >= 11 is 5.77. The van der Waals surface area contributed by atoms with Gasteiger partial charge in [0, 0.05) is 12.5 Å². The first-order valence-corrected chi connectivity index (χ1v) is 6.89. The Morgan fingerprint density at radius 2 is 2.14 bits per heavy atom. The van der Waals surface area contributed by atoms with Gasteiger partial charge < -0.3 is 15.2 Å². The number of rotatable bonds is 6. The van der Waals surface area contributed by atoms with Crippen LogP contribution in [0, 0.1) is 15.5 Å². The summed E-state index contributed by atoms with van der Waals surface area (Å²) in [4.78, 5) is 24.9. The number of amides is 1. The van der Waals surface area contributed by atoms with Crippen LogP contribution in [0.4, 0.5) is 10.5 Å². The van der Waals surface area contributed by atoms with Gasteiger partial charge in [-0.05, 0) is 11.5 Å². The monoisotopic (exact) mass is 331 g/mol. The molecule has 1 rings (SSSR count). The number of carbonyl (C=O) groups excluding carboxylic acids is 1. The molecule has 9 heteroatoms. The van der Waals surface area contributed by atoms with Crippen LogP contribution in [0.25, 0.3) is 0 Å². The van der Waals surface area contributed by atoms with Gasteiger partial charge in [-0.2, -0.15) is 4.98 Å². The van der Waals surface area contributed by atoms with Crippen molar-refractivity contribution in [2.24, 2.45) is 11.1 Å². The SMILES string of the molecule is CC(C)(C)C(CCOC(N)=O)Oc1nc(Cl)ccc1[N+](=O)[O-]. The lowest BCUT2D eigenvalue weighted by Crippen LogP contribution is -2.34. The standard InChI is InChI=1S/C13H18ClN3O5/c1-13(2,3)9(6-7-21-12(15)18)22-11-8(17(19)20)4-5-10(14)16-11/h4-5,9H,6-7H2,1-3H3,(H2,15,18). The second-order valence-corrected chi connectivity index (χ2v) is 6.03. The molecule has 1 heterocycles. The third kappa shape index (κ3) is 5.36. The molecule has 0 aromatic carbocycles. The van der Waals surface area contributed by atoms with E-state index in [9.17, 15) is 14.9 Å². The van der Waals surface area contributed by atoms with Gasteiger partial charge in [-0.3, -0.25) is 10.1 Å². The molecule has 0 saturated carbocycles. The van der Waals surface area contributed by atoms with E-state index in [4.69, 9.17) is 22.1 Å². The number of nitrogens with zero attached hydrogens (tertiary/aromatic N) is 2. The van der Waals surface area contributed by atoms with Crippen molar-refractivity contribution < 1.29 is 19.2 Å². The largest absolute Gasteiger partial charge is 0.469 e. The van der Waals surface area contributed by atoms with Crippen molar-refractivity contribution >= 4 is 23.4 Å². The molecule has 122 valence electrons. The Bertz CT molecular complexity index is 559. The number of hydrogen-bond donors (Lipinski definition) is 1. The number of ether oxygens (including phenoxy) is 2. The third-order valence-corrected chi connectivity index (χ3v) is 3.06.